The van der Waals surface area contributed by atoms with E-state index in [2.05, 4.69) is 29.8 Å². The molecule has 146 valence electrons. The summed E-state index contributed by atoms with van der Waals surface area (Å²) < 4.78 is 0. The number of nitrogens with zero attached hydrogens (tertiary/aromatic N) is 2. The predicted octanol–water partition coefficient (Wildman–Crippen LogP) is 2.76. The second-order valence-corrected chi connectivity index (χ2v) is 8.77. The van der Waals surface area contributed by atoms with E-state index in [0.717, 1.165) is 69.5 Å². The van der Waals surface area contributed by atoms with Gasteiger partial charge in [0, 0.05) is 37.9 Å². The third-order valence-electron chi connectivity index (χ3n) is 6.42. The van der Waals surface area contributed by atoms with Gasteiger partial charge in [-0.3, -0.25) is 14.5 Å². The number of aromatic nitrogens is 1. The van der Waals surface area contributed by atoms with Crippen molar-refractivity contribution >= 4 is 5.91 Å². The second kappa shape index (κ2) is 7.63. The molecule has 1 N–H and O–H groups in total. The Morgan fingerprint density at radius 3 is 2.81 bits per heavy atom. The van der Waals surface area contributed by atoms with Crippen molar-refractivity contribution in [1.29, 1.82) is 0 Å². The lowest BCUT2D eigenvalue weighted by molar-refractivity contribution is 0.0738. The SMILES string of the molecule is CC(C)=CCN1C[C@@H]2CC[C@H]1CN(C(=O)c1cc3c([nH]c1=O)CCCC3)C2. The molecule has 4 aliphatic rings. The lowest BCUT2D eigenvalue weighted by Crippen LogP contribution is -2.44. The van der Waals surface area contributed by atoms with Crippen LogP contribution in [0.4, 0.5) is 0 Å². The number of amides is 1. The summed E-state index contributed by atoms with van der Waals surface area (Å²) in [5, 5.41) is 0. The molecule has 0 saturated carbocycles. The van der Waals surface area contributed by atoms with Crippen LogP contribution in [0.1, 0.15) is 61.1 Å². The van der Waals surface area contributed by atoms with Gasteiger partial charge in [-0.15, -0.1) is 0 Å². The fraction of sp³-hybridized carbons (Fsp3) is 0.636. The zero-order valence-electron chi connectivity index (χ0n) is 16.6. The summed E-state index contributed by atoms with van der Waals surface area (Å²) in [6, 6.07) is 2.28. The highest BCUT2D eigenvalue weighted by Gasteiger charge is 2.36. The summed E-state index contributed by atoms with van der Waals surface area (Å²) in [6.07, 6.45) is 8.75. The Morgan fingerprint density at radius 1 is 1.19 bits per heavy atom. The number of allylic oxidation sites excluding steroid dienone is 1. The van der Waals surface area contributed by atoms with Gasteiger partial charge in [0.25, 0.3) is 11.5 Å². The van der Waals surface area contributed by atoms with Gasteiger partial charge >= 0.3 is 0 Å². The second-order valence-electron chi connectivity index (χ2n) is 8.77. The average molecular weight is 370 g/mol. The minimum atomic E-state index is -0.210. The molecule has 3 aliphatic heterocycles. The van der Waals surface area contributed by atoms with E-state index in [1.807, 2.05) is 11.0 Å². The van der Waals surface area contributed by atoms with Crippen LogP contribution < -0.4 is 5.56 Å². The van der Waals surface area contributed by atoms with Gasteiger partial charge in [0.1, 0.15) is 5.56 Å². The maximum Gasteiger partial charge on any atom is 0.261 e. The fourth-order valence-corrected chi connectivity index (χ4v) is 4.87. The molecule has 1 aliphatic carbocycles. The number of rotatable bonds is 3. The highest BCUT2D eigenvalue weighted by atomic mass is 16.2. The molecule has 4 heterocycles. The van der Waals surface area contributed by atoms with Crippen molar-refractivity contribution < 1.29 is 4.79 Å². The largest absolute Gasteiger partial charge is 0.337 e. The molecule has 5 heteroatoms. The molecule has 1 aromatic rings. The first-order valence-corrected chi connectivity index (χ1v) is 10.4. The molecule has 1 amide bonds. The zero-order chi connectivity index (χ0) is 19.0. The average Bonchev–Trinajstić information content (AvgIpc) is 2.97. The monoisotopic (exact) mass is 369 g/mol. The highest BCUT2D eigenvalue weighted by Crippen LogP contribution is 2.29. The van der Waals surface area contributed by atoms with Crippen LogP contribution >= 0.6 is 0 Å². The number of fused-ring (bicyclic) bond motifs is 5. The Balaban J connectivity index is 1.55. The molecule has 0 radical (unpaired) electrons. The molecule has 2 bridgehead atoms. The van der Waals surface area contributed by atoms with Crippen molar-refractivity contribution in [2.45, 2.75) is 58.4 Å². The number of aryl methyl sites for hydroxylation is 2. The highest BCUT2D eigenvalue weighted by molar-refractivity contribution is 5.94. The Hall–Kier alpha value is -1.88. The topological polar surface area (TPSA) is 56.4 Å². The predicted molar refractivity (Wildman–Crippen MR) is 107 cm³/mol. The number of carbonyl (C=O) groups excluding carboxylic acids is 1. The lowest BCUT2D eigenvalue weighted by atomic mass is 9.94. The van der Waals surface area contributed by atoms with Crippen molar-refractivity contribution in [3.05, 3.63) is 44.9 Å². The van der Waals surface area contributed by atoms with Gasteiger partial charge in [-0.05, 0) is 69.9 Å². The summed E-state index contributed by atoms with van der Waals surface area (Å²) in [7, 11) is 0. The van der Waals surface area contributed by atoms with Crippen LogP contribution in [0.15, 0.2) is 22.5 Å². The Labute approximate surface area is 161 Å². The molecular weight excluding hydrogens is 338 g/mol. The molecule has 0 unspecified atom stereocenters. The van der Waals surface area contributed by atoms with Crippen molar-refractivity contribution in [3.8, 4) is 0 Å². The van der Waals surface area contributed by atoms with E-state index >= 15 is 0 Å². The fourth-order valence-electron chi connectivity index (χ4n) is 4.87. The zero-order valence-corrected chi connectivity index (χ0v) is 16.6. The molecule has 1 aromatic heterocycles. The summed E-state index contributed by atoms with van der Waals surface area (Å²) >= 11 is 0. The van der Waals surface area contributed by atoms with Crippen LogP contribution in [0.5, 0.6) is 0 Å². The van der Waals surface area contributed by atoms with Gasteiger partial charge < -0.3 is 9.88 Å². The molecule has 0 aromatic carbocycles. The van der Waals surface area contributed by atoms with Crippen LogP contribution in [0.25, 0.3) is 0 Å². The van der Waals surface area contributed by atoms with E-state index in [9.17, 15) is 9.59 Å². The first kappa shape index (κ1) is 18.5. The molecule has 0 spiro atoms. The molecule has 27 heavy (non-hydrogen) atoms. The molecule has 5 nitrogen and oxygen atoms in total. The number of piperidine rings is 1. The third-order valence-corrected chi connectivity index (χ3v) is 6.42. The first-order chi connectivity index (χ1) is 13.0. The Kier molecular flexibility index (Phi) is 5.22. The van der Waals surface area contributed by atoms with Crippen molar-refractivity contribution in [2.75, 3.05) is 26.2 Å². The minimum Gasteiger partial charge on any atom is -0.337 e. The summed E-state index contributed by atoms with van der Waals surface area (Å²) in [5.74, 6) is 0.431. The van der Waals surface area contributed by atoms with Crippen LogP contribution in [0, 0.1) is 5.92 Å². The number of H-pyrrole nitrogens is 1. The number of hydrogen-bond donors (Lipinski definition) is 1. The maximum absolute atomic E-state index is 13.2. The number of hydrogen-bond acceptors (Lipinski definition) is 3. The standard InChI is InChI=1S/C22H31N3O2/c1-15(2)9-10-24-12-16-7-8-18(24)14-25(13-16)22(27)19-11-17-5-3-4-6-20(17)23-21(19)26/h9,11,16,18H,3-8,10,12-14H2,1-2H3,(H,23,26)/t16-,18-/m0/s1. The van der Waals surface area contributed by atoms with Gasteiger partial charge in [0.15, 0.2) is 0 Å². The normalized spacial score (nSPS) is 25.0. The van der Waals surface area contributed by atoms with Crippen molar-refractivity contribution in [3.63, 3.8) is 0 Å². The number of pyridine rings is 1. The summed E-state index contributed by atoms with van der Waals surface area (Å²) in [6.45, 7) is 7.80. The smallest absolute Gasteiger partial charge is 0.261 e. The first-order valence-electron chi connectivity index (χ1n) is 10.4. The van der Waals surface area contributed by atoms with Gasteiger partial charge in [-0.25, -0.2) is 0 Å². The van der Waals surface area contributed by atoms with Crippen LogP contribution in [-0.4, -0.2) is 52.9 Å². The summed E-state index contributed by atoms with van der Waals surface area (Å²) in [5.41, 5.74) is 3.66. The van der Waals surface area contributed by atoms with Gasteiger partial charge in [0.2, 0.25) is 0 Å². The lowest BCUT2D eigenvalue weighted by Gasteiger charge is -2.35. The number of carbonyl (C=O) groups is 1. The van der Waals surface area contributed by atoms with E-state index in [-0.39, 0.29) is 11.5 Å². The third kappa shape index (κ3) is 3.88. The molecule has 5 rings (SSSR count). The van der Waals surface area contributed by atoms with Gasteiger partial charge in [0.05, 0.1) is 0 Å². The number of nitrogens with one attached hydrogen (secondary N) is 1. The van der Waals surface area contributed by atoms with Crippen molar-refractivity contribution in [1.82, 2.24) is 14.8 Å². The Bertz CT molecular complexity index is 806. The van der Waals surface area contributed by atoms with Crippen LogP contribution in [-0.2, 0) is 12.8 Å². The Morgan fingerprint density at radius 2 is 2.00 bits per heavy atom. The minimum absolute atomic E-state index is 0.0782. The van der Waals surface area contributed by atoms with E-state index in [4.69, 9.17) is 0 Å². The number of aromatic amines is 1. The van der Waals surface area contributed by atoms with E-state index in [1.165, 1.54) is 12.0 Å². The van der Waals surface area contributed by atoms with E-state index < -0.39 is 0 Å². The van der Waals surface area contributed by atoms with E-state index in [1.54, 1.807) is 0 Å². The molecular formula is C22H31N3O2. The van der Waals surface area contributed by atoms with Crippen LogP contribution in [0.2, 0.25) is 0 Å². The van der Waals surface area contributed by atoms with Gasteiger partial charge in [-0.1, -0.05) is 11.6 Å². The van der Waals surface area contributed by atoms with Gasteiger partial charge in [-0.2, -0.15) is 0 Å². The van der Waals surface area contributed by atoms with E-state index in [0.29, 0.717) is 17.5 Å². The molecule has 3 saturated heterocycles. The quantitative estimate of drug-likeness (QED) is 0.834. The molecule has 2 atom stereocenters. The molecule has 3 fully saturated rings. The van der Waals surface area contributed by atoms with Crippen LogP contribution in [0.3, 0.4) is 0 Å². The maximum atomic E-state index is 13.2. The summed E-state index contributed by atoms with van der Waals surface area (Å²) in [4.78, 5) is 33.2. The van der Waals surface area contributed by atoms with Crippen molar-refractivity contribution in [2.24, 2.45) is 5.92 Å².